The molecule has 202 valence electrons. The Morgan fingerprint density at radius 2 is 1.51 bits per heavy atom. The van der Waals surface area contributed by atoms with E-state index < -0.39 is 0 Å². The zero-order valence-corrected chi connectivity index (χ0v) is 24.6. The molecule has 0 bridgehead atoms. The minimum Gasteiger partial charge on any atom is -0.353 e. The van der Waals surface area contributed by atoms with E-state index in [2.05, 4.69) is 77.7 Å². The summed E-state index contributed by atoms with van der Waals surface area (Å²) in [5, 5.41) is 9.25. The van der Waals surface area contributed by atoms with Gasteiger partial charge in [0.25, 0.3) is 0 Å². The van der Waals surface area contributed by atoms with E-state index in [9.17, 15) is 0 Å². The Kier molecular flexibility index (Phi) is 7.26. The van der Waals surface area contributed by atoms with Gasteiger partial charge in [-0.25, -0.2) is 4.99 Å². The van der Waals surface area contributed by atoms with Gasteiger partial charge in [-0.2, -0.15) is 0 Å². The van der Waals surface area contributed by atoms with Crippen LogP contribution in [-0.4, -0.2) is 48.9 Å². The third-order valence-electron chi connectivity index (χ3n) is 7.11. The van der Waals surface area contributed by atoms with Crippen molar-refractivity contribution in [1.82, 2.24) is 9.80 Å². The topological polar surface area (TPSA) is 72.2 Å². The molecule has 3 aliphatic rings. The fourth-order valence-corrected chi connectivity index (χ4v) is 7.16. The van der Waals surface area contributed by atoms with Gasteiger partial charge in [0.2, 0.25) is 0 Å². The lowest BCUT2D eigenvalue weighted by atomic mass is 10.2. The molecular weight excluding hydrogens is 546 g/mol. The normalized spacial score (nSPS) is 18.1. The highest BCUT2D eigenvalue weighted by Gasteiger charge is 2.27. The number of fused-ring (bicyclic) bond motifs is 4. The molecule has 0 radical (unpaired) electrons. The molecular formula is C29H32ClN7S2. The fraction of sp³-hybridized carbons (Fsp3) is 0.276. The van der Waals surface area contributed by atoms with Crippen LogP contribution in [0.1, 0.15) is 27.0 Å². The maximum Gasteiger partial charge on any atom is 0.139 e. The van der Waals surface area contributed by atoms with Gasteiger partial charge < -0.3 is 26.2 Å². The zero-order chi connectivity index (χ0) is 27.1. The lowest BCUT2D eigenvalue weighted by molar-refractivity contribution is 0.216. The minimum atomic E-state index is -0.326. The number of aliphatic imine (C=N–C) groups is 1. The van der Waals surface area contributed by atoms with Gasteiger partial charge in [0, 0.05) is 53.3 Å². The number of piperazine rings is 1. The predicted octanol–water partition coefficient (Wildman–Crippen LogP) is 7.17. The molecule has 10 heteroatoms. The van der Waals surface area contributed by atoms with Crippen LogP contribution in [-0.2, 0) is 0 Å². The second kappa shape index (κ2) is 10.8. The van der Waals surface area contributed by atoms with Crippen molar-refractivity contribution < 1.29 is 0 Å². The quantitative estimate of drug-likeness (QED) is 0.192. The van der Waals surface area contributed by atoms with Crippen molar-refractivity contribution in [3.05, 3.63) is 81.5 Å². The summed E-state index contributed by atoms with van der Waals surface area (Å²) < 4.78 is 1.58. The predicted molar refractivity (Wildman–Crippen MR) is 168 cm³/mol. The third-order valence-corrected chi connectivity index (χ3v) is 9.45. The van der Waals surface area contributed by atoms with Gasteiger partial charge in [0.15, 0.2) is 0 Å². The number of amidine groups is 1. The van der Waals surface area contributed by atoms with Gasteiger partial charge in [-0.15, -0.1) is 22.7 Å². The Morgan fingerprint density at radius 1 is 0.872 bits per heavy atom. The second-order valence-electron chi connectivity index (χ2n) is 10.0. The van der Waals surface area contributed by atoms with Gasteiger partial charge in [-0.1, -0.05) is 24.3 Å². The molecule has 39 heavy (non-hydrogen) atoms. The highest BCUT2D eigenvalue weighted by Crippen LogP contribution is 2.44. The first kappa shape index (κ1) is 26.2. The number of halogens is 1. The molecule has 4 aromatic rings. The first-order valence-electron chi connectivity index (χ1n) is 13.0. The van der Waals surface area contributed by atoms with Gasteiger partial charge in [0.1, 0.15) is 17.0 Å². The summed E-state index contributed by atoms with van der Waals surface area (Å²) in [6.45, 7) is 8.48. The Hall–Kier alpha value is -3.08. The molecule has 0 saturated carbocycles. The van der Waals surface area contributed by atoms with Crippen LogP contribution in [0.5, 0.6) is 0 Å². The van der Waals surface area contributed by atoms with E-state index in [4.69, 9.17) is 22.5 Å². The summed E-state index contributed by atoms with van der Waals surface area (Å²) in [5.41, 5.74) is 12.5. The zero-order valence-electron chi connectivity index (χ0n) is 22.2. The maximum atomic E-state index is 6.31. The number of rotatable bonds is 0. The van der Waals surface area contributed by atoms with Crippen molar-refractivity contribution >= 4 is 73.0 Å². The monoisotopic (exact) mass is 577 g/mol. The van der Waals surface area contributed by atoms with Crippen molar-refractivity contribution in [2.24, 2.45) is 10.7 Å². The summed E-state index contributed by atoms with van der Waals surface area (Å²) in [6.07, 6.45) is -0.326. The minimum absolute atomic E-state index is 0.326. The van der Waals surface area contributed by atoms with Gasteiger partial charge in [0.05, 0.1) is 33.3 Å². The van der Waals surface area contributed by atoms with Crippen molar-refractivity contribution in [2.75, 3.05) is 48.3 Å². The van der Waals surface area contributed by atoms with Crippen LogP contribution in [0.2, 0.25) is 0 Å². The molecule has 2 aromatic carbocycles. The van der Waals surface area contributed by atoms with Crippen molar-refractivity contribution in [1.29, 1.82) is 0 Å². The summed E-state index contributed by atoms with van der Waals surface area (Å²) >= 11 is 9.81. The molecule has 1 unspecified atom stereocenters. The van der Waals surface area contributed by atoms with Crippen LogP contribution in [0.25, 0.3) is 0 Å². The number of thiophene rings is 2. The van der Waals surface area contributed by atoms with E-state index in [-0.39, 0.29) is 6.17 Å². The number of hydrogen-bond donors (Lipinski definition) is 3. The molecule has 0 amide bonds. The molecule has 1 atom stereocenters. The molecule has 0 aliphatic carbocycles. The molecule has 7 rings (SSSR count). The third kappa shape index (κ3) is 5.25. The Balaban J connectivity index is 0.000000147. The maximum absolute atomic E-state index is 6.31. The average molecular weight is 578 g/mol. The number of anilines is 5. The summed E-state index contributed by atoms with van der Waals surface area (Å²) in [7, 11) is 2.18. The van der Waals surface area contributed by atoms with E-state index in [1.54, 1.807) is 27.1 Å². The van der Waals surface area contributed by atoms with Crippen LogP contribution in [0.15, 0.2) is 65.7 Å². The Labute approximate surface area is 242 Å². The molecule has 1 saturated heterocycles. The lowest BCUT2D eigenvalue weighted by Crippen LogP contribution is -2.47. The second-order valence-corrected chi connectivity index (χ2v) is 12.9. The molecule has 5 heterocycles. The van der Waals surface area contributed by atoms with E-state index >= 15 is 0 Å². The smallest absolute Gasteiger partial charge is 0.139 e. The van der Waals surface area contributed by atoms with E-state index in [1.165, 1.54) is 20.3 Å². The Bertz CT molecular complexity index is 1520. The number of para-hydroxylation sites is 4. The lowest BCUT2D eigenvalue weighted by Gasteiger charge is -2.34. The Morgan fingerprint density at radius 3 is 2.31 bits per heavy atom. The molecule has 0 spiro atoms. The number of likely N-dealkylation sites (N-methyl/N-ethyl adjacent to an activating group) is 1. The van der Waals surface area contributed by atoms with Crippen LogP contribution in [0, 0.1) is 13.8 Å². The number of nitrogens with zero attached hydrogens (tertiary/aromatic N) is 4. The molecule has 3 aliphatic heterocycles. The van der Waals surface area contributed by atoms with Crippen LogP contribution < -0.4 is 20.8 Å². The highest BCUT2D eigenvalue weighted by atomic mass is 35.5. The fourth-order valence-electron chi connectivity index (χ4n) is 5.02. The first-order chi connectivity index (χ1) is 18.9. The number of aryl methyl sites for hydroxylation is 2. The number of nitrogens with two attached hydrogens (primary N) is 1. The van der Waals surface area contributed by atoms with Crippen molar-refractivity contribution in [3.8, 4) is 0 Å². The molecule has 2 aromatic heterocycles. The van der Waals surface area contributed by atoms with Crippen LogP contribution in [0.3, 0.4) is 0 Å². The first-order valence-corrected chi connectivity index (χ1v) is 15.0. The molecule has 1 fully saturated rings. The highest BCUT2D eigenvalue weighted by molar-refractivity contribution is 7.16. The van der Waals surface area contributed by atoms with E-state index in [0.29, 0.717) is 0 Å². The van der Waals surface area contributed by atoms with Crippen LogP contribution in [0.4, 0.5) is 32.8 Å². The largest absolute Gasteiger partial charge is 0.353 e. The van der Waals surface area contributed by atoms with Gasteiger partial charge in [-0.05, 0) is 57.3 Å². The van der Waals surface area contributed by atoms with Crippen molar-refractivity contribution in [2.45, 2.75) is 20.0 Å². The van der Waals surface area contributed by atoms with E-state index in [0.717, 1.165) is 65.3 Å². The van der Waals surface area contributed by atoms with Crippen molar-refractivity contribution in [3.63, 3.8) is 0 Å². The summed E-state index contributed by atoms with van der Waals surface area (Å²) in [4.78, 5) is 12.4. The summed E-state index contributed by atoms with van der Waals surface area (Å²) in [6, 6.07) is 20.5. The van der Waals surface area contributed by atoms with Crippen LogP contribution >= 0.6 is 34.5 Å². The van der Waals surface area contributed by atoms with E-state index in [1.807, 2.05) is 24.3 Å². The summed E-state index contributed by atoms with van der Waals surface area (Å²) in [5.74, 6) is 1.12. The standard InChI is InChI=1S/C17H20N4S.C12H12ClN3S/c1-12-11-13-16(21-9-7-20(2)8-10-21)18-14-5-3-4-6-15(14)19-17(13)22-12;1-7-6-8-11(14)16(13)10-5-3-2-4-9(10)15-12(8)17-7/h3-6,11,19H,7-10H2,1-2H3;2-6,11,15H,14H2,1H3. The average Bonchev–Trinajstić information content (AvgIpc) is 3.42. The number of hydrogen-bond acceptors (Lipinski definition) is 9. The molecule has 7 nitrogen and oxygen atoms in total. The number of benzene rings is 2. The SMILES string of the molecule is Cc1cc2c(s1)Nc1ccccc1N(Cl)C2N.Cc1cc2c(s1)Nc1ccccc1N=C2N1CCN(C)CC1. The van der Waals surface area contributed by atoms with Gasteiger partial charge >= 0.3 is 0 Å². The number of nitrogens with one attached hydrogen (secondary N) is 2. The molecule has 4 N–H and O–H groups in total. The van der Waals surface area contributed by atoms with Gasteiger partial charge in [-0.3, -0.25) is 4.42 Å².